The maximum atomic E-state index is 13.1. The summed E-state index contributed by atoms with van der Waals surface area (Å²) in [5.41, 5.74) is 1.22. The number of nitrogens with one attached hydrogen (secondary N) is 1. The van der Waals surface area contributed by atoms with Crippen LogP contribution < -0.4 is 5.32 Å². The van der Waals surface area contributed by atoms with Crippen molar-refractivity contribution in [2.24, 2.45) is 0 Å². The number of imidazole rings is 1. The van der Waals surface area contributed by atoms with Gasteiger partial charge in [-0.2, -0.15) is 13.2 Å². The fraction of sp³-hybridized carbons (Fsp3) is 0.238. The van der Waals surface area contributed by atoms with Crippen LogP contribution in [0.5, 0.6) is 0 Å². The normalized spacial score (nSPS) is 13.9. The van der Waals surface area contributed by atoms with Crippen molar-refractivity contribution in [1.29, 1.82) is 0 Å². The van der Waals surface area contributed by atoms with Crippen LogP contribution in [0.3, 0.4) is 0 Å². The van der Waals surface area contributed by atoms with E-state index in [2.05, 4.69) is 10.3 Å². The zero-order chi connectivity index (χ0) is 21.5. The number of hydrogen-bond acceptors (Lipinski definition) is 4. The fourth-order valence-electron chi connectivity index (χ4n) is 3.62. The molecule has 0 amide bonds. The number of fused-ring (bicyclic) bond motifs is 1. The summed E-state index contributed by atoms with van der Waals surface area (Å²) in [6.45, 7) is 1.08. The number of aliphatic hydroxyl groups excluding tert-OH is 1. The van der Waals surface area contributed by atoms with Gasteiger partial charge in [0.2, 0.25) is 0 Å². The molecule has 0 unspecified atom stereocenters. The van der Waals surface area contributed by atoms with Gasteiger partial charge >= 0.3 is 6.18 Å². The van der Waals surface area contributed by atoms with E-state index >= 15 is 0 Å². The Bertz CT molecular complexity index is 1130. The van der Waals surface area contributed by atoms with Crippen LogP contribution in [0.4, 0.5) is 13.2 Å². The average molecular weight is 436 g/mol. The molecular formula is C21H17ClF3N3O2. The molecule has 156 valence electrons. The Kier molecular flexibility index (Phi) is 5.40. The van der Waals surface area contributed by atoms with Crippen molar-refractivity contribution < 1.29 is 23.1 Å². The molecule has 0 atom stereocenters. The van der Waals surface area contributed by atoms with E-state index in [1.54, 1.807) is 22.8 Å². The number of hydrogen-bond donors (Lipinski definition) is 2. The molecule has 0 radical (unpaired) electrons. The predicted molar refractivity (Wildman–Crippen MR) is 105 cm³/mol. The number of nitrogens with zero attached hydrogens (tertiary/aromatic N) is 2. The van der Waals surface area contributed by atoms with Gasteiger partial charge in [-0.3, -0.25) is 4.79 Å². The molecule has 3 aromatic rings. The molecule has 2 aromatic carbocycles. The lowest BCUT2D eigenvalue weighted by molar-refractivity contribution is -0.137. The number of ketones is 1. The van der Waals surface area contributed by atoms with Crippen LogP contribution in [0.25, 0.3) is 11.4 Å². The van der Waals surface area contributed by atoms with E-state index in [0.29, 0.717) is 24.4 Å². The van der Waals surface area contributed by atoms with E-state index in [4.69, 9.17) is 11.6 Å². The van der Waals surface area contributed by atoms with E-state index in [1.807, 2.05) is 0 Å². The largest absolute Gasteiger partial charge is 0.417 e. The van der Waals surface area contributed by atoms with Crippen molar-refractivity contribution in [3.8, 4) is 11.4 Å². The fourth-order valence-corrected chi connectivity index (χ4v) is 3.94. The number of alkyl halides is 3. The molecule has 0 saturated carbocycles. The van der Waals surface area contributed by atoms with E-state index in [1.165, 1.54) is 12.1 Å². The van der Waals surface area contributed by atoms with Crippen LogP contribution in [0.1, 0.15) is 32.9 Å². The molecule has 0 aliphatic carbocycles. The molecule has 0 fully saturated rings. The monoisotopic (exact) mass is 435 g/mol. The van der Waals surface area contributed by atoms with Gasteiger partial charge in [0.1, 0.15) is 12.6 Å². The van der Waals surface area contributed by atoms with Gasteiger partial charge in [-0.15, -0.1) is 0 Å². The van der Waals surface area contributed by atoms with Crippen molar-refractivity contribution in [3.05, 3.63) is 75.6 Å². The number of rotatable bonds is 4. The summed E-state index contributed by atoms with van der Waals surface area (Å²) in [7, 11) is 0. The number of aromatic nitrogens is 2. The minimum absolute atomic E-state index is 0.178. The van der Waals surface area contributed by atoms with Gasteiger partial charge in [-0.25, -0.2) is 4.98 Å². The molecule has 2 N–H and O–H groups in total. The van der Waals surface area contributed by atoms with E-state index in [-0.39, 0.29) is 17.9 Å². The Balaban J connectivity index is 1.75. The first-order valence-corrected chi connectivity index (χ1v) is 9.59. The highest BCUT2D eigenvalue weighted by Crippen LogP contribution is 2.37. The average Bonchev–Trinajstić information content (AvgIpc) is 3.11. The van der Waals surface area contributed by atoms with E-state index < -0.39 is 22.5 Å². The summed E-state index contributed by atoms with van der Waals surface area (Å²) < 4.78 is 41.1. The maximum Gasteiger partial charge on any atom is 0.417 e. The third-order valence-corrected chi connectivity index (χ3v) is 5.47. The SMILES string of the molecule is O=C(c1cccc(-c2nc3c(n2CO)CCNC3)c1)c1cccc(C(F)(F)F)c1Cl. The maximum absolute atomic E-state index is 13.1. The van der Waals surface area contributed by atoms with Gasteiger partial charge in [0.25, 0.3) is 0 Å². The standard InChI is InChI=1S/C21H17ClF3N3O2/c22-18-14(5-2-6-15(18)21(23,24)25)19(30)12-3-1-4-13(9-12)20-27-16-10-26-8-7-17(16)28(20)11-29/h1-6,9,26,29H,7-8,10-11H2. The second kappa shape index (κ2) is 7.86. The smallest absolute Gasteiger partial charge is 0.376 e. The number of carbonyl (C=O) groups excluding carboxylic acids is 1. The second-order valence-corrected chi connectivity index (χ2v) is 7.28. The first-order valence-electron chi connectivity index (χ1n) is 9.22. The summed E-state index contributed by atoms with van der Waals surface area (Å²) in [5.74, 6) is -0.127. The van der Waals surface area contributed by atoms with E-state index in [9.17, 15) is 23.1 Å². The first kappa shape index (κ1) is 20.6. The molecule has 30 heavy (non-hydrogen) atoms. The Hall–Kier alpha value is -2.68. The third kappa shape index (κ3) is 3.62. The summed E-state index contributed by atoms with van der Waals surface area (Å²) in [6, 6.07) is 9.68. The quantitative estimate of drug-likeness (QED) is 0.607. The first-order chi connectivity index (χ1) is 14.3. The van der Waals surface area contributed by atoms with Gasteiger partial charge in [-0.1, -0.05) is 35.9 Å². The Labute approximate surface area is 175 Å². The van der Waals surface area contributed by atoms with Crippen LogP contribution in [0.15, 0.2) is 42.5 Å². The molecule has 1 aromatic heterocycles. The van der Waals surface area contributed by atoms with Crippen LogP contribution in [-0.4, -0.2) is 27.0 Å². The molecule has 1 aliphatic heterocycles. The molecule has 1 aliphatic rings. The lowest BCUT2D eigenvalue weighted by Gasteiger charge is -2.14. The van der Waals surface area contributed by atoms with Gasteiger partial charge in [-0.05, 0) is 18.2 Å². The molecule has 9 heteroatoms. The minimum atomic E-state index is -4.66. The lowest BCUT2D eigenvalue weighted by atomic mass is 9.99. The molecule has 4 rings (SSSR count). The van der Waals surface area contributed by atoms with Crippen molar-refractivity contribution >= 4 is 17.4 Å². The summed E-state index contributed by atoms with van der Waals surface area (Å²) in [4.78, 5) is 17.5. The zero-order valence-electron chi connectivity index (χ0n) is 15.6. The molecule has 0 saturated heterocycles. The summed E-state index contributed by atoms with van der Waals surface area (Å²) in [5, 5.41) is 12.4. The Morgan fingerprint density at radius 2 is 2.00 bits per heavy atom. The van der Waals surface area contributed by atoms with Gasteiger partial charge in [0, 0.05) is 41.9 Å². The molecular weight excluding hydrogens is 419 g/mol. The van der Waals surface area contributed by atoms with Gasteiger partial charge in [0.15, 0.2) is 5.78 Å². The van der Waals surface area contributed by atoms with Crippen molar-refractivity contribution in [3.63, 3.8) is 0 Å². The Morgan fingerprint density at radius 1 is 1.23 bits per heavy atom. The molecule has 5 nitrogen and oxygen atoms in total. The Morgan fingerprint density at radius 3 is 2.73 bits per heavy atom. The molecule has 2 heterocycles. The van der Waals surface area contributed by atoms with Crippen molar-refractivity contribution in [1.82, 2.24) is 14.9 Å². The number of carbonyl (C=O) groups is 1. The highest BCUT2D eigenvalue weighted by molar-refractivity contribution is 6.35. The molecule has 0 spiro atoms. The topological polar surface area (TPSA) is 67.2 Å². The third-order valence-electron chi connectivity index (χ3n) is 5.06. The molecule has 0 bridgehead atoms. The van der Waals surface area contributed by atoms with Crippen LogP contribution in [0.2, 0.25) is 5.02 Å². The van der Waals surface area contributed by atoms with Gasteiger partial charge in [0.05, 0.1) is 16.3 Å². The number of benzene rings is 2. The predicted octanol–water partition coefficient (Wildman–Crippen LogP) is 4.05. The van der Waals surface area contributed by atoms with Gasteiger partial charge < -0.3 is 15.0 Å². The van der Waals surface area contributed by atoms with Crippen molar-refractivity contribution in [2.75, 3.05) is 6.54 Å². The minimum Gasteiger partial charge on any atom is -0.376 e. The van der Waals surface area contributed by atoms with Crippen LogP contribution >= 0.6 is 11.6 Å². The number of aliphatic hydroxyl groups is 1. The highest BCUT2D eigenvalue weighted by Gasteiger charge is 2.34. The zero-order valence-corrected chi connectivity index (χ0v) is 16.4. The second-order valence-electron chi connectivity index (χ2n) is 6.90. The summed E-state index contributed by atoms with van der Waals surface area (Å²) in [6.07, 6.45) is -3.95. The van der Waals surface area contributed by atoms with Crippen molar-refractivity contribution in [2.45, 2.75) is 25.9 Å². The van der Waals surface area contributed by atoms with Crippen LogP contribution in [0, 0.1) is 0 Å². The van der Waals surface area contributed by atoms with E-state index in [0.717, 1.165) is 30.1 Å². The number of halogens is 4. The lowest BCUT2D eigenvalue weighted by Crippen LogP contribution is -2.25. The highest BCUT2D eigenvalue weighted by atomic mass is 35.5. The summed E-state index contributed by atoms with van der Waals surface area (Å²) >= 11 is 5.91. The van der Waals surface area contributed by atoms with Crippen LogP contribution in [-0.2, 0) is 25.9 Å².